The highest BCUT2D eigenvalue weighted by Crippen LogP contribution is 2.34. The molecule has 2 heterocycles. The third kappa shape index (κ3) is 3.34. The Morgan fingerprint density at radius 1 is 1.28 bits per heavy atom. The summed E-state index contributed by atoms with van der Waals surface area (Å²) < 4.78 is 12.9. The molecule has 0 bridgehead atoms. The Balaban J connectivity index is 1.80. The summed E-state index contributed by atoms with van der Waals surface area (Å²) in [6.45, 7) is 6.06. The van der Waals surface area contributed by atoms with Crippen LogP contribution >= 0.6 is 0 Å². The van der Waals surface area contributed by atoms with Gasteiger partial charge >= 0.3 is 5.97 Å². The fourth-order valence-electron chi connectivity index (χ4n) is 3.89. The Bertz CT molecular complexity index is 804. The van der Waals surface area contributed by atoms with E-state index in [4.69, 9.17) is 9.47 Å². The van der Waals surface area contributed by atoms with Crippen LogP contribution in [-0.2, 0) is 23.0 Å². The maximum atomic E-state index is 12.3. The number of rotatable bonds is 5. The molecule has 0 radical (unpaired) electrons. The van der Waals surface area contributed by atoms with Crippen LogP contribution < -0.4 is 4.74 Å². The van der Waals surface area contributed by atoms with Gasteiger partial charge in [-0.2, -0.15) is 0 Å². The molecule has 25 heavy (non-hydrogen) atoms. The van der Waals surface area contributed by atoms with E-state index in [1.807, 2.05) is 27.8 Å². The predicted octanol–water partition coefficient (Wildman–Crippen LogP) is 3.40. The molecule has 0 spiro atoms. The SMILES string of the molecule is COc1nn(C)c2nc(C)c(CCC(=O)OC3(C)CCCC3)c(C)c12. The zero-order valence-corrected chi connectivity index (χ0v) is 15.8. The standard InChI is InChI=1S/C19H27N3O3/c1-12-14(8-9-15(23)25-19(3)10-6-7-11-19)13(2)20-17-16(12)18(24-5)21-22(17)4/h6-11H2,1-5H3. The summed E-state index contributed by atoms with van der Waals surface area (Å²) in [7, 11) is 3.47. The minimum Gasteiger partial charge on any atom is -0.479 e. The highest BCUT2D eigenvalue weighted by molar-refractivity contribution is 5.86. The van der Waals surface area contributed by atoms with E-state index in [1.54, 1.807) is 11.8 Å². The molecule has 0 aromatic carbocycles. The van der Waals surface area contributed by atoms with Gasteiger partial charge < -0.3 is 9.47 Å². The summed E-state index contributed by atoms with van der Waals surface area (Å²) in [6.07, 6.45) is 5.21. The maximum Gasteiger partial charge on any atom is 0.306 e. The second-order valence-corrected chi connectivity index (χ2v) is 7.26. The van der Waals surface area contributed by atoms with Crippen LogP contribution in [0.1, 0.15) is 55.8 Å². The van der Waals surface area contributed by atoms with Crippen molar-refractivity contribution in [3.63, 3.8) is 0 Å². The number of aryl methyl sites for hydroxylation is 3. The van der Waals surface area contributed by atoms with E-state index in [9.17, 15) is 4.79 Å². The lowest BCUT2D eigenvalue weighted by Crippen LogP contribution is -2.28. The first kappa shape index (κ1) is 17.7. The number of esters is 1. The van der Waals surface area contributed by atoms with Crippen LogP contribution in [0.25, 0.3) is 11.0 Å². The summed E-state index contributed by atoms with van der Waals surface area (Å²) in [5.74, 6) is 0.450. The van der Waals surface area contributed by atoms with Crippen molar-refractivity contribution in [1.82, 2.24) is 14.8 Å². The van der Waals surface area contributed by atoms with Gasteiger partial charge in [-0.3, -0.25) is 4.79 Å². The molecule has 1 aliphatic rings. The highest BCUT2D eigenvalue weighted by atomic mass is 16.6. The molecule has 1 aliphatic carbocycles. The third-order valence-electron chi connectivity index (χ3n) is 5.32. The Kier molecular flexibility index (Phi) is 4.71. The number of methoxy groups -OCH3 is 1. The van der Waals surface area contributed by atoms with E-state index < -0.39 is 0 Å². The van der Waals surface area contributed by atoms with Crippen molar-refractivity contribution in [3.8, 4) is 5.88 Å². The monoisotopic (exact) mass is 345 g/mol. The molecule has 0 amide bonds. The minimum absolute atomic E-state index is 0.124. The van der Waals surface area contributed by atoms with E-state index in [2.05, 4.69) is 10.1 Å². The zero-order valence-electron chi connectivity index (χ0n) is 15.8. The number of carbonyl (C=O) groups is 1. The number of ether oxygens (including phenoxy) is 2. The van der Waals surface area contributed by atoms with Crippen LogP contribution in [0.15, 0.2) is 0 Å². The van der Waals surface area contributed by atoms with Crippen LogP contribution in [0.5, 0.6) is 5.88 Å². The van der Waals surface area contributed by atoms with Crippen molar-refractivity contribution in [3.05, 3.63) is 16.8 Å². The van der Waals surface area contributed by atoms with Gasteiger partial charge in [0.05, 0.1) is 12.5 Å². The van der Waals surface area contributed by atoms with Gasteiger partial charge in [0, 0.05) is 19.2 Å². The molecule has 2 aromatic rings. The number of carbonyl (C=O) groups excluding carboxylic acids is 1. The summed E-state index contributed by atoms with van der Waals surface area (Å²) in [5.41, 5.74) is 3.61. The summed E-state index contributed by atoms with van der Waals surface area (Å²) in [5, 5.41) is 5.28. The van der Waals surface area contributed by atoms with Crippen LogP contribution in [0.2, 0.25) is 0 Å². The van der Waals surface area contributed by atoms with Gasteiger partial charge in [-0.15, -0.1) is 5.10 Å². The smallest absolute Gasteiger partial charge is 0.306 e. The molecule has 0 N–H and O–H groups in total. The molecule has 0 saturated heterocycles. The molecule has 3 rings (SSSR count). The molecular weight excluding hydrogens is 318 g/mol. The average Bonchev–Trinajstić information content (AvgIpc) is 3.11. The number of hydrogen-bond donors (Lipinski definition) is 0. The summed E-state index contributed by atoms with van der Waals surface area (Å²) >= 11 is 0. The zero-order chi connectivity index (χ0) is 18.2. The lowest BCUT2D eigenvalue weighted by molar-refractivity contribution is -0.157. The molecule has 1 saturated carbocycles. The molecule has 0 aliphatic heterocycles. The van der Waals surface area contributed by atoms with Crippen LogP contribution in [0.4, 0.5) is 0 Å². The Labute approximate surface area is 148 Å². The normalized spacial score (nSPS) is 16.4. The lowest BCUT2D eigenvalue weighted by Gasteiger charge is -2.24. The number of hydrogen-bond acceptors (Lipinski definition) is 5. The number of aromatic nitrogens is 3. The van der Waals surface area contributed by atoms with E-state index >= 15 is 0 Å². The highest BCUT2D eigenvalue weighted by Gasteiger charge is 2.32. The van der Waals surface area contributed by atoms with Gasteiger partial charge in [-0.1, -0.05) is 0 Å². The largest absolute Gasteiger partial charge is 0.479 e. The van der Waals surface area contributed by atoms with Crippen molar-refractivity contribution in [1.29, 1.82) is 0 Å². The van der Waals surface area contributed by atoms with Crippen LogP contribution in [-0.4, -0.2) is 33.4 Å². The summed E-state index contributed by atoms with van der Waals surface area (Å²) in [6, 6.07) is 0. The second kappa shape index (κ2) is 6.65. The Hall–Kier alpha value is -2.11. The topological polar surface area (TPSA) is 66.2 Å². The molecular formula is C19H27N3O3. The number of fused-ring (bicyclic) bond motifs is 1. The molecule has 6 heteroatoms. The van der Waals surface area contributed by atoms with Crippen molar-refractivity contribution >= 4 is 17.0 Å². The van der Waals surface area contributed by atoms with Crippen molar-refractivity contribution < 1.29 is 14.3 Å². The predicted molar refractivity (Wildman–Crippen MR) is 95.8 cm³/mol. The van der Waals surface area contributed by atoms with Gasteiger partial charge in [-0.25, -0.2) is 9.67 Å². The molecule has 6 nitrogen and oxygen atoms in total. The van der Waals surface area contributed by atoms with Gasteiger partial charge in [0.25, 0.3) is 0 Å². The molecule has 136 valence electrons. The fourth-order valence-corrected chi connectivity index (χ4v) is 3.89. The molecule has 0 unspecified atom stereocenters. The fraction of sp³-hybridized carbons (Fsp3) is 0.632. The van der Waals surface area contributed by atoms with Gasteiger partial charge in [-0.05, 0) is 64.0 Å². The van der Waals surface area contributed by atoms with E-state index in [0.717, 1.165) is 53.5 Å². The molecule has 1 fully saturated rings. The van der Waals surface area contributed by atoms with E-state index in [0.29, 0.717) is 18.7 Å². The van der Waals surface area contributed by atoms with Crippen LogP contribution in [0, 0.1) is 13.8 Å². The number of pyridine rings is 1. The first-order valence-electron chi connectivity index (χ1n) is 8.93. The van der Waals surface area contributed by atoms with Gasteiger partial charge in [0.2, 0.25) is 5.88 Å². The van der Waals surface area contributed by atoms with Crippen molar-refractivity contribution in [2.45, 2.75) is 64.9 Å². The van der Waals surface area contributed by atoms with Gasteiger partial charge in [0.1, 0.15) is 5.60 Å². The lowest BCUT2D eigenvalue weighted by atomic mass is 10.00. The summed E-state index contributed by atoms with van der Waals surface area (Å²) in [4.78, 5) is 17.0. The molecule has 0 atom stereocenters. The third-order valence-corrected chi connectivity index (χ3v) is 5.32. The Morgan fingerprint density at radius 2 is 1.96 bits per heavy atom. The van der Waals surface area contributed by atoms with Gasteiger partial charge in [0.15, 0.2) is 5.65 Å². The number of nitrogens with zero attached hydrogens (tertiary/aromatic N) is 3. The first-order valence-corrected chi connectivity index (χ1v) is 8.93. The van der Waals surface area contributed by atoms with Crippen molar-refractivity contribution in [2.24, 2.45) is 7.05 Å². The minimum atomic E-state index is -0.268. The van der Waals surface area contributed by atoms with Crippen LogP contribution in [0.3, 0.4) is 0 Å². The average molecular weight is 345 g/mol. The van der Waals surface area contributed by atoms with E-state index in [1.165, 1.54) is 0 Å². The second-order valence-electron chi connectivity index (χ2n) is 7.26. The van der Waals surface area contributed by atoms with E-state index in [-0.39, 0.29) is 11.6 Å². The van der Waals surface area contributed by atoms with Crippen molar-refractivity contribution in [2.75, 3.05) is 7.11 Å². The quantitative estimate of drug-likeness (QED) is 0.777. The Morgan fingerprint density at radius 3 is 2.60 bits per heavy atom. The first-order chi connectivity index (χ1) is 11.8. The molecule has 2 aromatic heterocycles. The maximum absolute atomic E-state index is 12.3.